The summed E-state index contributed by atoms with van der Waals surface area (Å²) in [6.07, 6.45) is 3.35. The number of nitro benzene ring substituents is 1. The van der Waals surface area contributed by atoms with Crippen molar-refractivity contribution in [2.45, 2.75) is 26.8 Å². The number of rotatable bonds is 8. The SMILES string of the molecule is Cc1c(Nc2cc(-c3ccncc3)nc(N[C@H](CO)C(C)C)n2)cccc1[N+](=O)[O-]. The lowest BCUT2D eigenvalue weighted by molar-refractivity contribution is -0.385. The van der Waals surface area contributed by atoms with Crippen LogP contribution in [0.2, 0.25) is 0 Å². The number of aliphatic hydroxyl groups excluding tert-OH is 1. The molecule has 3 N–H and O–H groups in total. The van der Waals surface area contributed by atoms with Crippen LogP contribution in [0.1, 0.15) is 19.4 Å². The monoisotopic (exact) mass is 408 g/mol. The Kier molecular flexibility index (Phi) is 6.53. The molecule has 0 bridgehead atoms. The highest BCUT2D eigenvalue weighted by Crippen LogP contribution is 2.29. The van der Waals surface area contributed by atoms with Crippen LogP contribution in [-0.4, -0.2) is 37.6 Å². The molecule has 0 spiro atoms. The van der Waals surface area contributed by atoms with Gasteiger partial charge >= 0.3 is 0 Å². The van der Waals surface area contributed by atoms with Crippen molar-refractivity contribution in [2.75, 3.05) is 17.2 Å². The highest BCUT2D eigenvalue weighted by atomic mass is 16.6. The van der Waals surface area contributed by atoms with E-state index in [-0.39, 0.29) is 24.3 Å². The van der Waals surface area contributed by atoms with Crippen molar-refractivity contribution in [2.24, 2.45) is 5.92 Å². The van der Waals surface area contributed by atoms with Crippen molar-refractivity contribution in [3.8, 4) is 11.3 Å². The molecule has 9 nitrogen and oxygen atoms in total. The van der Waals surface area contributed by atoms with E-state index in [1.807, 2.05) is 26.0 Å². The van der Waals surface area contributed by atoms with Crippen molar-refractivity contribution >= 4 is 23.1 Å². The average Bonchev–Trinajstić information content (AvgIpc) is 2.73. The van der Waals surface area contributed by atoms with Crippen LogP contribution in [-0.2, 0) is 0 Å². The van der Waals surface area contributed by atoms with Gasteiger partial charge in [0, 0.05) is 35.8 Å². The van der Waals surface area contributed by atoms with E-state index in [2.05, 4.69) is 25.6 Å². The van der Waals surface area contributed by atoms with Crippen LogP contribution >= 0.6 is 0 Å². The van der Waals surface area contributed by atoms with E-state index >= 15 is 0 Å². The van der Waals surface area contributed by atoms with Gasteiger partial charge in [0.2, 0.25) is 5.95 Å². The fourth-order valence-corrected chi connectivity index (χ4v) is 2.93. The van der Waals surface area contributed by atoms with Gasteiger partial charge in [-0.3, -0.25) is 15.1 Å². The molecular formula is C21H24N6O3. The van der Waals surface area contributed by atoms with Crippen molar-refractivity contribution < 1.29 is 10.0 Å². The van der Waals surface area contributed by atoms with Crippen LogP contribution in [0.25, 0.3) is 11.3 Å². The molecule has 1 atom stereocenters. The van der Waals surface area contributed by atoms with Gasteiger partial charge in [0.05, 0.1) is 28.8 Å². The number of aliphatic hydroxyl groups is 1. The van der Waals surface area contributed by atoms with Gasteiger partial charge in [0.25, 0.3) is 5.69 Å². The van der Waals surface area contributed by atoms with Crippen LogP contribution < -0.4 is 10.6 Å². The molecule has 9 heteroatoms. The van der Waals surface area contributed by atoms with E-state index in [1.54, 1.807) is 37.5 Å². The minimum absolute atomic E-state index is 0.0296. The number of hydrogen-bond acceptors (Lipinski definition) is 8. The van der Waals surface area contributed by atoms with Crippen LogP contribution in [0.5, 0.6) is 0 Å². The smallest absolute Gasteiger partial charge is 0.274 e. The standard InChI is InChI=1S/C21H24N6O3/c1-13(2)18(12-28)25-21-24-17(15-7-9-22-10-8-15)11-20(26-21)23-16-5-4-6-19(14(16)3)27(29)30/h4-11,13,18,28H,12H2,1-3H3,(H2,23,24,25,26)/t18-/m1/s1. The normalized spacial score (nSPS) is 11.9. The lowest BCUT2D eigenvalue weighted by atomic mass is 10.1. The zero-order valence-electron chi connectivity index (χ0n) is 17.0. The summed E-state index contributed by atoms with van der Waals surface area (Å²) in [6, 6.07) is 10.1. The summed E-state index contributed by atoms with van der Waals surface area (Å²) in [4.78, 5) is 24.0. The van der Waals surface area contributed by atoms with E-state index in [9.17, 15) is 15.2 Å². The minimum Gasteiger partial charge on any atom is -0.394 e. The number of nitrogens with zero attached hydrogens (tertiary/aromatic N) is 4. The first-order valence-corrected chi connectivity index (χ1v) is 9.57. The Balaban J connectivity index is 2.02. The van der Waals surface area contributed by atoms with Gasteiger partial charge in [0.1, 0.15) is 5.82 Å². The zero-order chi connectivity index (χ0) is 21.7. The van der Waals surface area contributed by atoms with E-state index in [0.717, 1.165) is 5.56 Å². The lowest BCUT2D eigenvalue weighted by Gasteiger charge is -2.21. The molecule has 0 aliphatic carbocycles. The summed E-state index contributed by atoms with van der Waals surface area (Å²) >= 11 is 0. The Labute approximate surface area is 174 Å². The molecule has 0 radical (unpaired) electrons. The van der Waals surface area contributed by atoms with Crippen molar-refractivity contribution in [3.05, 3.63) is 64.5 Å². The zero-order valence-corrected chi connectivity index (χ0v) is 17.0. The Morgan fingerprint density at radius 3 is 2.53 bits per heavy atom. The summed E-state index contributed by atoms with van der Waals surface area (Å²) < 4.78 is 0. The fourth-order valence-electron chi connectivity index (χ4n) is 2.93. The molecule has 0 aliphatic rings. The molecule has 0 saturated carbocycles. The highest BCUT2D eigenvalue weighted by molar-refractivity contribution is 5.70. The molecule has 0 amide bonds. The topological polar surface area (TPSA) is 126 Å². The fraction of sp³-hybridized carbons (Fsp3) is 0.286. The highest BCUT2D eigenvalue weighted by Gasteiger charge is 2.17. The summed E-state index contributed by atoms with van der Waals surface area (Å²) in [6.45, 7) is 5.61. The molecule has 3 aromatic rings. The molecule has 0 fully saturated rings. The largest absolute Gasteiger partial charge is 0.394 e. The second-order valence-corrected chi connectivity index (χ2v) is 7.21. The summed E-state index contributed by atoms with van der Waals surface area (Å²) in [5.41, 5.74) is 2.62. The molecule has 1 aromatic carbocycles. The van der Waals surface area contributed by atoms with Gasteiger partial charge in [0.15, 0.2) is 0 Å². The maximum atomic E-state index is 11.3. The quantitative estimate of drug-likeness (QED) is 0.378. The molecule has 3 rings (SSSR count). The van der Waals surface area contributed by atoms with Gasteiger partial charge < -0.3 is 15.7 Å². The number of pyridine rings is 1. The van der Waals surface area contributed by atoms with E-state index in [0.29, 0.717) is 28.7 Å². The maximum Gasteiger partial charge on any atom is 0.274 e. The van der Waals surface area contributed by atoms with Crippen molar-refractivity contribution in [1.82, 2.24) is 15.0 Å². The first kappa shape index (κ1) is 21.1. The molecule has 0 aliphatic heterocycles. The second kappa shape index (κ2) is 9.27. The van der Waals surface area contributed by atoms with Crippen LogP contribution in [0.3, 0.4) is 0 Å². The van der Waals surface area contributed by atoms with Crippen LogP contribution in [0.15, 0.2) is 48.8 Å². The maximum absolute atomic E-state index is 11.3. The predicted octanol–water partition coefficient (Wildman–Crippen LogP) is 3.93. The van der Waals surface area contributed by atoms with Gasteiger partial charge in [-0.25, -0.2) is 4.98 Å². The summed E-state index contributed by atoms with van der Waals surface area (Å²) in [5, 5.41) is 27.2. The van der Waals surface area contributed by atoms with Gasteiger partial charge in [-0.05, 0) is 31.0 Å². The van der Waals surface area contributed by atoms with E-state index in [4.69, 9.17) is 0 Å². The number of aromatic nitrogens is 3. The Morgan fingerprint density at radius 2 is 1.90 bits per heavy atom. The third kappa shape index (κ3) is 4.87. The number of nitro groups is 1. The van der Waals surface area contributed by atoms with Crippen molar-refractivity contribution in [1.29, 1.82) is 0 Å². The van der Waals surface area contributed by atoms with Crippen molar-refractivity contribution in [3.63, 3.8) is 0 Å². The molecular weight excluding hydrogens is 384 g/mol. The van der Waals surface area contributed by atoms with Gasteiger partial charge in [-0.1, -0.05) is 19.9 Å². The predicted molar refractivity (Wildman–Crippen MR) is 116 cm³/mol. The summed E-state index contributed by atoms with van der Waals surface area (Å²) in [5.74, 6) is 0.990. The third-order valence-corrected chi connectivity index (χ3v) is 4.78. The molecule has 0 saturated heterocycles. The number of benzene rings is 1. The Hall–Kier alpha value is -3.59. The van der Waals surface area contributed by atoms with Gasteiger partial charge in [-0.2, -0.15) is 4.98 Å². The summed E-state index contributed by atoms with van der Waals surface area (Å²) in [7, 11) is 0. The molecule has 2 aromatic heterocycles. The first-order valence-electron chi connectivity index (χ1n) is 9.57. The molecule has 156 valence electrons. The number of nitrogens with one attached hydrogen (secondary N) is 2. The molecule has 30 heavy (non-hydrogen) atoms. The van der Waals surface area contributed by atoms with Crippen LogP contribution in [0.4, 0.5) is 23.1 Å². The third-order valence-electron chi connectivity index (χ3n) is 4.78. The average molecular weight is 408 g/mol. The Morgan fingerprint density at radius 1 is 1.17 bits per heavy atom. The van der Waals surface area contributed by atoms with Crippen LogP contribution in [0, 0.1) is 23.0 Å². The molecule has 0 unspecified atom stereocenters. The van der Waals surface area contributed by atoms with E-state index in [1.165, 1.54) is 6.07 Å². The lowest BCUT2D eigenvalue weighted by Crippen LogP contribution is -2.30. The Bertz CT molecular complexity index is 1030. The second-order valence-electron chi connectivity index (χ2n) is 7.21. The van der Waals surface area contributed by atoms with E-state index < -0.39 is 4.92 Å². The molecule has 2 heterocycles. The number of anilines is 3. The number of hydrogen-bond donors (Lipinski definition) is 3. The first-order chi connectivity index (χ1) is 14.4. The minimum atomic E-state index is -0.412. The van der Waals surface area contributed by atoms with Gasteiger partial charge in [-0.15, -0.1) is 0 Å².